The molecule has 0 saturated carbocycles. The number of thioether (sulfide) groups is 1. The van der Waals surface area contributed by atoms with Crippen LogP contribution < -0.4 is 5.56 Å². The van der Waals surface area contributed by atoms with E-state index in [-0.39, 0.29) is 11.7 Å². The molecule has 152 valence electrons. The molecule has 29 heavy (non-hydrogen) atoms. The predicted molar refractivity (Wildman–Crippen MR) is 122 cm³/mol. The van der Waals surface area contributed by atoms with Crippen LogP contribution in [0.1, 0.15) is 36.8 Å². The minimum absolute atomic E-state index is 0.0602. The average molecular weight is 427 g/mol. The molecule has 0 spiro atoms. The number of thiophene rings is 1. The fourth-order valence-electron chi connectivity index (χ4n) is 3.57. The van der Waals surface area contributed by atoms with Crippen molar-refractivity contribution in [1.82, 2.24) is 9.55 Å². The van der Waals surface area contributed by atoms with Crippen LogP contribution in [-0.2, 0) is 24.3 Å². The van der Waals surface area contributed by atoms with Crippen molar-refractivity contribution in [2.24, 2.45) is 5.92 Å². The normalized spacial score (nSPS) is 16.3. The standard InChI is InChI=1S/C23H26N2O2S2/c1-14(2)13-28-23-24-21-20(17-10-18(15(3)4)27-12-19(17)29-21)22(26)25(23)11-16-8-6-5-7-9-16/h5-9,15,18H,1,10-13H2,2-4H3/t18-/m1/s1. The maximum atomic E-state index is 13.7. The summed E-state index contributed by atoms with van der Waals surface area (Å²) >= 11 is 3.19. The second-order valence-corrected chi connectivity index (χ2v) is 10.0. The monoisotopic (exact) mass is 426 g/mol. The Bertz CT molecular complexity index is 1100. The fourth-order valence-corrected chi connectivity index (χ4v) is 5.58. The average Bonchev–Trinajstić information content (AvgIpc) is 3.07. The van der Waals surface area contributed by atoms with E-state index in [1.165, 1.54) is 0 Å². The van der Waals surface area contributed by atoms with Crippen molar-refractivity contribution in [1.29, 1.82) is 0 Å². The zero-order chi connectivity index (χ0) is 20.5. The van der Waals surface area contributed by atoms with Crippen molar-refractivity contribution in [2.45, 2.75) is 51.6 Å². The molecule has 0 N–H and O–H groups in total. The van der Waals surface area contributed by atoms with Crippen LogP contribution in [0.5, 0.6) is 0 Å². The molecule has 6 heteroatoms. The van der Waals surface area contributed by atoms with Gasteiger partial charge in [0.25, 0.3) is 5.56 Å². The summed E-state index contributed by atoms with van der Waals surface area (Å²) in [5.41, 5.74) is 3.37. The minimum atomic E-state index is 0.0602. The molecule has 1 aliphatic heterocycles. The molecule has 0 bridgehead atoms. The van der Waals surface area contributed by atoms with Crippen molar-refractivity contribution in [2.75, 3.05) is 5.75 Å². The van der Waals surface area contributed by atoms with Gasteiger partial charge in [-0.15, -0.1) is 11.3 Å². The first-order chi connectivity index (χ1) is 13.9. The third-order valence-corrected chi connectivity index (χ3v) is 7.47. The lowest BCUT2D eigenvalue weighted by Crippen LogP contribution is -2.28. The topological polar surface area (TPSA) is 44.1 Å². The van der Waals surface area contributed by atoms with Crippen LogP contribution in [0, 0.1) is 5.92 Å². The van der Waals surface area contributed by atoms with Crippen LogP contribution in [0.3, 0.4) is 0 Å². The van der Waals surface area contributed by atoms with Crippen LogP contribution in [0.25, 0.3) is 10.2 Å². The SMILES string of the molecule is C=C(C)CSc1nc2sc3c(c2c(=O)n1Cc1ccccc1)C[C@H](C(C)C)OC3. The van der Waals surface area contributed by atoms with E-state index in [2.05, 4.69) is 32.6 Å². The number of nitrogens with zero attached hydrogens (tertiary/aromatic N) is 2. The zero-order valence-corrected chi connectivity index (χ0v) is 18.7. The van der Waals surface area contributed by atoms with Gasteiger partial charge >= 0.3 is 0 Å². The van der Waals surface area contributed by atoms with Crippen molar-refractivity contribution in [3.8, 4) is 0 Å². The third kappa shape index (κ3) is 4.20. The highest BCUT2D eigenvalue weighted by molar-refractivity contribution is 7.99. The number of benzene rings is 1. The molecule has 0 fully saturated rings. The summed E-state index contributed by atoms with van der Waals surface area (Å²) in [6, 6.07) is 10.1. The summed E-state index contributed by atoms with van der Waals surface area (Å²) in [7, 11) is 0. The largest absolute Gasteiger partial charge is 0.372 e. The fraction of sp³-hybridized carbons (Fsp3) is 0.391. The summed E-state index contributed by atoms with van der Waals surface area (Å²) in [5.74, 6) is 1.17. The molecule has 3 heterocycles. The number of hydrogen-bond acceptors (Lipinski definition) is 5. The van der Waals surface area contributed by atoms with Gasteiger partial charge in [0.05, 0.1) is 24.6 Å². The van der Waals surface area contributed by atoms with Crippen molar-refractivity contribution < 1.29 is 4.74 Å². The van der Waals surface area contributed by atoms with E-state index in [4.69, 9.17) is 9.72 Å². The van der Waals surface area contributed by atoms with Gasteiger partial charge in [-0.25, -0.2) is 4.98 Å². The van der Waals surface area contributed by atoms with E-state index >= 15 is 0 Å². The van der Waals surface area contributed by atoms with Crippen LogP contribution in [0.4, 0.5) is 0 Å². The summed E-state index contributed by atoms with van der Waals surface area (Å²) in [5, 5.41) is 1.55. The Morgan fingerprint density at radius 3 is 2.83 bits per heavy atom. The molecule has 0 unspecified atom stereocenters. The Morgan fingerprint density at radius 1 is 1.38 bits per heavy atom. The minimum Gasteiger partial charge on any atom is -0.372 e. The van der Waals surface area contributed by atoms with Crippen LogP contribution >= 0.6 is 23.1 Å². The first-order valence-corrected chi connectivity index (χ1v) is 11.7. The zero-order valence-electron chi connectivity index (χ0n) is 17.1. The van der Waals surface area contributed by atoms with Crippen LogP contribution in [0.15, 0.2) is 52.4 Å². The smallest absolute Gasteiger partial charge is 0.263 e. The molecule has 2 aromatic heterocycles. The number of hydrogen-bond donors (Lipinski definition) is 0. The van der Waals surface area contributed by atoms with Gasteiger partial charge in [-0.2, -0.15) is 0 Å². The van der Waals surface area contributed by atoms with Crippen molar-refractivity contribution in [3.05, 3.63) is 68.8 Å². The molecule has 0 saturated heterocycles. The van der Waals surface area contributed by atoms with Crippen LogP contribution in [-0.4, -0.2) is 21.4 Å². The molecule has 4 nitrogen and oxygen atoms in total. The van der Waals surface area contributed by atoms with Crippen LogP contribution in [0.2, 0.25) is 0 Å². The molecular weight excluding hydrogens is 400 g/mol. The number of aromatic nitrogens is 2. The first-order valence-electron chi connectivity index (χ1n) is 9.91. The highest BCUT2D eigenvalue weighted by Gasteiger charge is 2.28. The van der Waals surface area contributed by atoms with Gasteiger partial charge in [-0.1, -0.05) is 68.1 Å². The number of ether oxygens (including phenoxy) is 1. The Hall–Kier alpha value is -1.89. The molecule has 3 aromatic rings. The maximum Gasteiger partial charge on any atom is 0.263 e. The molecule has 1 atom stereocenters. The predicted octanol–water partition coefficient (Wildman–Crippen LogP) is 5.27. The Morgan fingerprint density at radius 2 is 2.14 bits per heavy atom. The highest BCUT2D eigenvalue weighted by Crippen LogP contribution is 2.36. The molecule has 0 amide bonds. The summed E-state index contributed by atoms with van der Waals surface area (Å²) in [4.78, 5) is 20.6. The molecular formula is C23H26N2O2S2. The van der Waals surface area contributed by atoms with E-state index in [1.54, 1.807) is 23.1 Å². The van der Waals surface area contributed by atoms with E-state index in [9.17, 15) is 4.79 Å². The van der Waals surface area contributed by atoms with Crippen molar-refractivity contribution >= 4 is 33.3 Å². The first kappa shape index (κ1) is 20.4. The molecule has 0 radical (unpaired) electrons. The maximum absolute atomic E-state index is 13.7. The van der Waals surface area contributed by atoms with Gasteiger partial charge in [-0.05, 0) is 24.0 Å². The highest BCUT2D eigenvalue weighted by atomic mass is 32.2. The van der Waals surface area contributed by atoms with E-state index < -0.39 is 0 Å². The van der Waals surface area contributed by atoms with E-state index in [0.29, 0.717) is 19.1 Å². The summed E-state index contributed by atoms with van der Waals surface area (Å²) in [6.07, 6.45) is 0.938. The lowest BCUT2D eigenvalue weighted by atomic mass is 9.96. The third-order valence-electron chi connectivity index (χ3n) is 5.17. The second-order valence-electron chi connectivity index (χ2n) is 8.00. The summed E-state index contributed by atoms with van der Waals surface area (Å²) in [6.45, 7) is 11.4. The quantitative estimate of drug-likeness (QED) is 0.306. The van der Waals surface area contributed by atoms with Gasteiger partial charge in [-0.3, -0.25) is 9.36 Å². The van der Waals surface area contributed by atoms with E-state index in [1.807, 2.05) is 29.7 Å². The van der Waals surface area contributed by atoms with Crippen molar-refractivity contribution in [3.63, 3.8) is 0 Å². The summed E-state index contributed by atoms with van der Waals surface area (Å²) < 4.78 is 7.86. The molecule has 1 aliphatic rings. The van der Waals surface area contributed by atoms with Gasteiger partial charge in [0.15, 0.2) is 5.16 Å². The van der Waals surface area contributed by atoms with Gasteiger partial charge in [0.1, 0.15) is 4.83 Å². The van der Waals surface area contributed by atoms with Gasteiger partial charge < -0.3 is 4.74 Å². The number of fused-ring (bicyclic) bond motifs is 3. The molecule has 1 aromatic carbocycles. The number of rotatable bonds is 6. The Balaban J connectivity index is 1.84. The lowest BCUT2D eigenvalue weighted by Gasteiger charge is -2.26. The molecule has 4 rings (SSSR count). The van der Waals surface area contributed by atoms with E-state index in [0.717, 1.165) is 49.1 Å². The molecule has 0 aliphatic carbocycles. The second kappa shape index (κ2) is 8.46. The Kier molecular flexibility index (Phi) is 5.95. The lowest BCUT2D eigenvalue weighted by molar-refractivity contribution is 0.00200. The van der Waals surface area contributed by atoms with Gasteiger partial charge in [0.2, 0.25) is 0 Å². The van der Waals surface area contributed by atoms with Gasteiger partial charge in [0, 0.05) is 17.1 Å². The Labute approximate surface area is 179 Å².